The lowest BCUT2D eigenvalue weighted by molar-refractivity contribution is 0.697. The summed E-state index contributed by atoms with van der Waals surface area (Å²) in [6, 6.07) is 0. The molecule has 0 heterocycles. The van der Waals surface area contributed by atoms with E-state index in [1.165, 1.54) is 25.7 Å². The second-order valence-electron chi connectivity index (χ2n) is 5.11. The zero-order chi connectivity index (χ0) is 10.8. The molecule has 1 heteroatoms. The molecule has 0 saturated heterocycles. The van der Waals surface area contributed by atoms with Crippen LogP contribution in [-0.2, 0) is 0 Å². The van der Waals surface area contributed by atoms with Gasteiger partial charge < -0.3 is 0 Å². The van der Waals surface area contributed by atoms with E-state index in [1.54, 1.807) is 10.9 Å². The quantitative estimate of drug-likeness (QED) is 0.568. The van der Waals surface area contributed by atoms with Gasteiger partial charge in [-0.3, -0.25) is 0 Å². The summed E-state index contributed by atoms with van der Waals surface area (Å²) in [5.74, 6) is 0. The third-order valence-electron chi connectivity index (χ3n) is 3.14. The van der Waals surface area contributed by atoms with Crippen molar-refractivity contribution < 1.29 is 0 Å². The van der Waals surface area contributed by atoms with Crippen LogP contribution in [0.2, 0.25) is 0 Å². The van der Waals surface area contributed by atoms with Crippen LogP contribution in [0.5, 0.6) is 0 Å². The first-order valence-corrected chi connectivity index (χ1v) is 7.34. The van der Waals surface area contributed by atoms with Gasteiger partial charge in [0.15, 0.2) is 0 Å². The normalized spacial score (nSPS) is 20.9. The predicted molar refractivity (Wildman–Crippen MR) is 68.3 cm³/mol. The van der Waals surface area contributed by atoms with Crippen LogP contribution in [-0.4, -0.2) is 11.8 Å². The molecule has 1 aliphatic carbocycles. The number of hydrogen-bond acceptors (Lipinski definition) is 0. The summed E-state index contributed by atoms with van der Waals surface area (Å²) < 4.78 is 0. The van der Waals surface area contributed by atoms with Gasteiger partial charge in [0.25, 0.3) is 0 Å². The van der Waals surface area contributed by atoms with Crippen LogP contribution >= 0.6 is 7.92 Å². The van der Waals surface area contributed by atoms with Crippen molar-refractivity contribution in [2.24, 2.45) is 0 Å². The van der Waals surface area contributed by atoms with E-state index in [-0.39, 0.29) is 7.92 Å². The van der Waals surface area contributed by atoms with Crippen molar-refractivity contribution in [2.45, 2.75) is 51.6 Å². The molecule has 0 N–H and O–H groups in total. The molecule has 0 aromatic heterocycles. The van der Waals surface area contributed by atoms with E-state index in [4.69, 9.17) is 0 Å². The van der Waals surface area contributed by atoms with Crippen LogP contribution in [0.4, 0.5) is 0 Å². The lowest BCUT2D eigenvalue weighted by atomic mass is 9.99. The van der Waals surface area contributed by atoms with E-state index in [2.05, 4.69) is 40.1 Å². The highest BCUT2D eigenvalue weighted by Gasteiger charge is 2.25. The van der Waals surface area contributed by atoms with E-state index in [1.807, 2.05) is 0 Å². The lowest BCUT2D eigenvalue weighted by Crippen LogP contribution is -2.13. The summed E-state index contributed by atoms with van der Waals surface area (Å²) in [6.45, 7) is 13.5. The van der Waals surface area contributed by atoms with Gasteiger partial charge in [-0.25, -0.2) is 0 Å². The molecule has 1 rings (SSSR count). The molecular weight excluding hydrogens is 187 g/mol. The Hall–Kier alpha value is -0.0900. The largest absolute Gasteiger partial charge is 0.0988 e. The third kappa shape index (κ3) is 2.70. The van der Waals surface area contributed by atoms with Gasteiger partial charge in [0.05, 0.1) is 0 Å². The van der Waals surface area contributed by atoms with Gasteiger partial charge in [-0.05, 0) is 48.4 Å². The van der Waals surface area contributed by atoms with Gasteiger partial charge >= 0.3 is 0 Å². The molecule has 0 aliphatic heterocycles. The smallest absolute Gasteiger partial charge is 0.0145 e. The standard InChI is InChI=1S/C13H23P/c1-6-11-9-7-8-10-12(11)14(5)13(2,3)4/h6H,1,7-10H2,2-5H3. The molecule has 0 aromatic carbocycles. The van der Waals surface area contributed by atoms with Crippen molar-refractivity contribution in [1.29, 1.82) is 0 Å². The van der Waals surface area contributed by atoms with Crippen LogP contribution < -0.4 is 0 Å². The van der Waals surface area contributed by atoms with Gasteiger partial charge in [0, 0.05) is 0 Å². The third-order valence-corrected chi connectivity index (χ3v) is 6.47. The Bertz CT molecular complexity index is 242. The van der Waals surface area contributed by atoms with Crippen LogP contribution in [0.15, 0.2) is 23.5 Å². The average molecular weight is 210 g/mol. The van der Waals surface area contributed by atoms with Crippen molar-refractivity contribution in [3.05, 3.63) is 23.5 Å². The molecule has 1 unspecified atom stereocenters. The fourth-order valence-electron chi connectivity index (χ4n) is 1.92. The Balaban J connectivity index is 2.93. The molecule has 14 heavy (non-hydrogen) atoms. The van der Waals surface area contributed by atoms with Crippen molar-refractivity contribution >= 4 is 7.92 Å². The first kappa shape index (κ1) is 12.0. The molecule has 1 atom stereocenters. The molecule has 0 nitrogen and oxygen atoms in total. The molecule has 80 valence electrons. The van der Waals surface area contributed by atoms with Crippen LogP contribution in [0, 0.1) is 0 Å². The summed E-state index contributed by atoms with van der Waals surface area (Å²) >= 11 is 0. The molecule has 0 amide bonds. The maximum Gasteiger partial charge on any atom is -0.0145 e. The second kappa shape index (κ2) is 4.62. The highest BCUT2D eigenvalue weighted by Crippen LogP contribution is 2.57. The molecular formula is C13H23P. The van der Waals surface area contributed by atoms with Gasteiger partial charge in [-0.2, -0.15) is 0 Å². The maximum absolute atomic E-state index is 3.95. The van der Waals surface area contributed by atoms with Gasteiger partial charge in [-0.1, -0.05) is 41.3 Å². The lowest BCUT2D eigenvalue weighted by Gasteiger charge is -2.33. The molecule has 0 fully saturated rings. The Morgan fingerprint density at radius 1 is 1.21 bits per heavy atom. The van der Waals surface area contributed by atoms with Crippen LogP contribution in [0.1, 0.15) is 46.5 Å². The second-order valence-corrected chi connectivity index (χ2v) is 8.11. The van der Waals surface area contributed by atoms with Gasteiger partial charge in [0.1, 0.15) is 0 Å². The van der Waals surface area contributed by atoms with E-state index in [0.717, 1.165) is 0 Å². The highest BCUT2D eigenvalue weighted by atomic mass is 31.1. The number of rotatable bonds is 2. The molecule has 0 radical (unpaired) electrons. The summed E-state index contributed by atoms with van der Waals surface area (Å²) in [7, 11) is 0.0235. The first-order chi connectivity index (χ1) is 6.46. The molecule has 0 bridgehead atoms. The summed E-state index contributed by atoms with van der Waals surface area (Å²) in [4.78, 5) is 0. The maximum atomic E-state index is 3.95. The Labute approximate surface area is 90.2 Å². The SMILES string of the molecule is C=CC1=C(P(C)C(C)(C)C)CCCC1. The van der Waals surface area contributed by atoms with E-state index in [9.17, 15) is 0 Å². The number of allylic oxidation sites excluding steroid dienone is 3. The molecule has 0 aromatic rings. The fourth-order valence-corrected chi connectivity index (χ4v) is 3.86. The summed E-state index contributed by atoms with van der Waals surface area (Å²) in [5.41, 5.74) is 1.56. The summed E-state index contributed by atoms with van der Waals surface area (Å²) in [6.07, 6.45) is 7.43. The minimum Gasteiger partial charge on any atom is -0.0988 e. The van der Waals surface area contributed by atoms with Crippen molar-refractivity contribution in [2.75, 3.05) is 6.66 Å². The Morgan fingerprint density at radius 3 is 2.29 bits per heavy atom. The van der Waals surface area contributed by atoms with E-state index < -0.39 is 0 Å². The Kier molecular flexibility index (Phi) is 3.95. The fraction of sp³-hybridized carbons (Fsp3) is 0.692. The topological polar surface area (TPSA) is 0 Å². The number of hydrogen-bond donors (Lipinski definition) is 0. The molecule has 1 aliphatic rings. The van der Waals surface area contributed by atoms with Crippen molar-refractivity contribution in [1.82, 2.24) is 0 Å². The van der Waals surface area contributed by atoms with Gasteiger partial charge in [-0.15, -0.1) is 0 Å². The zero-order valence-electron chi connectivity index (χ0n) is 10.1. The molecule has 0 saturated carbocycles. The van der Waals surface area contributed by atoms with Crippen molar-refractivity contribution in [3.8, 4) is 0 Å². The van der Waals surface area contributed by atoms with Crippen LogP contribution in [0.25, 0.3) is 0 Å². The summed E-state index contributed by atoms with van der Waals surface area (Å²) in [5, 5.41) is 2.18. The van der Waals surface area contributed by atoms with Crippen molar-refractivity contribution in [3.63, 3.8) is 0 Å². The first-order valence-electron chi connectivity index (χ1n) is 5.55. The zero-order valence-corrected chi connectivity index (χ0v) is 11.0. The molecule has 0 spiro atoms. The average Bonchev–Trinajstić information content (AvgIpc) is 2.15. The highest BCUT2D eigenvalue weighted by molar-refractivity contribution is 7.62. The minimum atomic E-state index is 0.0235. The monoisotopic (exact) mass is 210 g/mol. The minimum absolute atomic E-state index is 0.0235. The van der Waals surface area contributed by atoms with E-state index in [0.29, 0.717) is 5.16 Å². The predicted octanol–water partition coefficient (Wildman–Crippen LogP) is 4.91. The van der Waals surface area contributed by atoms with Gasteiger partial charge in [0.2, 0.25) is 0 Å². The Morgan fingerprint density at radius 2 is 1.79 bits per heavy atom. The van der Waals surface area contributed by atoms with E-state index >= 15 is 0 Å². The van der Waals surface area contributed by atoms with Crippen LogP contribution in [0.3, 0.4) is 0 Å².